The second-order valence-electron chi connectivity index (χ2n) is 7.46. The van der Waals surface area contributed by atoms with Crippen LogP contribution in [0.3, 0.4) is 0 Å². The van der Waals surface area contributed by atoms with Gasteiger partial charge in [0.15, 0.2) is 0 Å². The van der Waals surface area contributed by atoms with Gasteiger partial charge in [-0.15, -0.1) is 11.3 Å². The Hall–Kier alpha value is -3.68. The van der Waals surface area contributed by atoms with Crippen LogP contribution in [-0.2, 0) is 4.79 Å². The van der Waals surface area contributed by atoms with Crippen LogP contribution < -0.4 is 4.90 Å². The highest BCUT2D eigenvalue weighted by Crippen LogP contribution is 2.28. The third-order valence-corrected chi connectivity index (χ3v) is 6.12. The van der Waals surface area contributed by atoms with Crippen molar-refractivity contribution in [2.24, 2.45) is 0 Å². The SMILES string of the molecule is O=C(O)C(F)(F)F.O=C(c1ccc(C(=O)C(F)(F)F)s1)N1CCN(c2cc3ccccc3cn2)CC1. The molecule has 3 aromatic rings. The standard InChI is InChI=1S/C20H16F3N3O2S.C2HF3O2/c21-20(22,23)18(27)15-5-6-16(29-15)19(28)26-9-7-25(8-10-26)17-11-13-3-1-2-4-14(13)12-24-17;3-2(4,5)1(6)7/h1-6,11-12H,7-10H2;(H,6,7). The molecule has 0 spiro atoms. The van der Waals surface area contributed by atoms with E-state index in [0.717, 1.165) is 22.7 Å². The number of aromatic nitrogens is 1. The molecule has 3 heterocycles. The summed E-state index contributed by atoms with van der Waals surface area (Å²) in [5.74, 6) is -4.21. The Morgan fingerprint density at radius 2 is 1.39 bits per heavy atom. The number of carboxylic acids is 1. The van der Waals surface area contributed by atoms with Gasteiger partial charge < -0.3 is 14.9 Å². The van der Waals surface area contributed by atoms with Gasteiger partial charge in [-0.2, -0.15) is 26.3 Å². The second kappa shape index (κ2) is 10.5. The lowest BCUT2D eigenvalue weighted by molar-refractivity contribution is -0.192. The summed E-state index contributed by atoms with van der Waals surface area (Å²) in [6.45, 7) is 1.98. The number of carbonyl (C=O) groups is 3. The molecule has 1 aromatic carbocycles. The van der Waals surface area contributed by atoms with Crippen molar-refractivity contribution in [3.05, 3.63) is 58.4 Å². The average Bonchev–Trinajstić information content (AvgIpc) is 3.32. The minimum absolute atomic E-state index is 0.134. The van der Waals surface area contributed by atoms with Crippen LogP contribution >= 0.6 is 11.3 Å². The van der Waals surface area contributed by atoms with E-state index in [1.807, 2.05) is 36.5 Å². The molecule has 0 saturated carbocycles. The van der Waals surface area contributed by atoms with Gasteiger partial charge in [-0.25, -0.2) is 9.78 Å². The molecule has 1 saturated heterocycles. The van der Waals surface area contributed by atoms with E-state index in [9.17, 15) is 35.9 Å². The van der Waals surface area contributed by atoms with E-state index in [1.54, 1.807) is 4.90 Å². The molecule has 0 bridgehead atoms. The number of hydrogen-bond donors (Lipinski definition) is 1. The Labute approximate surface area is 203 Å². The fourth-order valence-electron chi connectivity index (χ4n) is 3.25. The first kappa shape index (κ1) is 26.9. The molecule has 192 valence electrons. The zero-order chi connectivity index (χ0) is 26.7. The van der Waals surface area contributed by atoms with E-state index in [4.69, 9.17) is 9.90 Å². The van der Waals surface area contributed by atoms with Gasteiger partial charge in [0.25, 0.3) is 11.7 Å². The molecule has 1 N–H and O–H groups in total. The van der Waals surface area contributed by atoms with Gasteiger partial charge in [0.05, 0.1) is 9.75 Å². The number of carboxylic acid groups (broad SMARTS) is 1. The summed E-state index contributed by atoms with van der Waals surface area (Å²) >= 11 is 0.582. The molecule has 0 aliphatic carbocycles. The van der Waals surface area contributed by atoms with E-state index in [1.165, 1.54) is 6.07 Å². The molecular formula is C22H17F6N3O4S. The van der Waals surface area contributed by atoms with Gasteiger partial charge in [0.2, 0.25) is 0 Å². The van der Waals surface area contributed by atoms with Gasteiger partial charge in [-0.1, -0.05) is 24.3 Å². The van der Waals surface area contributed by atoms with Crippen molar-refractivity contribution in [2.75, 3.05) is 31.1 Å². The molecule has 0 radical (unpaired) electrons. The summed E-state index contributed by atoms with van der Waals surface area (Å²) in [5.41, 5.74) is 0. The maximum Gasteiger partial charge on any atom is 0.490 e. The predicted molar refractivity (Wildman–Crippen MR) is 118 cm³/mol. The van der Waals surface area contributed by atoms with E-state index < -0.39 is 29.0 Å². The molecule has 1 aliphatic rings. The van der Waals surface area contributed by atoms with Gasteiger partial charge in [-0.05, 0) is 23.6 Å². The van der Waals surface area contributed by atoms with Crippen LogP contribution in [0.15, 0.2) is 48.7 Å². The Bertz CT molecular complexity index is 1270. The van der Waals surface area contributed by atoms with E-state index in [-0.39, 0.29) is 10.8 Å². The maximum absolute atomic E-state index is 12.6. The molecule has 1 fully saturated rings. The number of amides is 1. The largest absolute Gasteiger partial charge is 0.490 e. The minimum atomic E-state index is -5.08. The first-order chi connectivity index (χ1) is 16.8. The van der Waals surface area contributed by atoms with Crippen LogP contribution in [0.25, 0.3) is 10.8 Å². The number of rotatable bonds is 3. The number of carbonyl (C=O) groups excluding carboxylic acids is 2. The molecule has 1 amide bonds. The Morgan fingerprint density at radius 3 is 1.94 bits per heavy atom. The van der Waals surface area contributed by atoms with Crippen LogP contribution in [0, 0.1) is 0 Å². The third-order valence-electron chi connectivity index (χ3n) is 5.05. The van der Waals surface area contributed by atoms with Crippen molar-refractivity contribution >= 4 is 45.6 Å². The van der Waals surface area contributed by atoms with Crippen LogP contribution in [0.1, 0.15) is 19.3 Å². The number of nitrogens with zero attached hydrogens (tertiary/aromatic N) is 3. The number of alkyl halides is 6. The van der Waals surface area contributed by atoms with Gasteiger partial charge >= 0.3 is 18.3 Å². The van der Waals surface area contributed by atoms with Crippen molar-refractivity contribution in [3.63, 3.8) is 0 Å². The number of thiophene rings is 1. The molecule has 0 unspecified atom stereocenters. The fourth-order valence-corrected chi connectivity index (χ4v) is 4.19. The third kappa shape index (κ3) is 6.50. The van der Waals surface area contributed by atoms with E-state index >= 15 is 0 Å². The fraction of sp³-hybridized carbons (Fsp3) is 0.273. The van der Waals surface area contributed by atoms with E-state index in [2.05, 4.69) is 9.88 Å². The van der Waals surface area contributed by atoms with Crippen LogP contribution in [0.4, 0.5) is 32.2 Å². The number of halogens is 6. The first-order valence-corrected chi connectivity index (χ1v) is 11.0. The molecule has 1 aliphatic heterocycles. The minimum Gasteiger partial charge on any atom is -0.475 e. The number of hydrogen-bond acceptors (Lipinski definition) is 6. The summed E-state index contributed by atoms with van der Waals surface area (Å²) in [4.78, 5) is 40.6. The predicted octanol–water partition coefficient (Wildman–Crippen LogP) is 4.64. The molecule has 14 heteroatoms. The summed E-state index contributed by atoms with van der Waals surface area (Å²) in [7, 11) is 0. The number of pyridine rings is 1. The number of ketones is 1. The van der Waals surface area contributed by atoms with Gasteiger partial charge in [0.1, 0.15) is 5.82 Å². The normalized spacial score (nSPS) is 14.3. The number of aliphatic carboxylic acids is 1. The quantitative estimate of drug-likeness (QED) is 0.390. The molecule has 0 atom stereocenters. The number of benzene rings is 1. The summed E-state index contributed by atoms with van der Waals surface area (Å²) < 4.78 is 69.4. The first-order valence-electron chi connectivity index (χ1n) is 10.2. The number of fused-ring (bicyclic) bond motifs is 1. The van der Waals surface area contributed by atoms with Crippen molar-refractivity contribution < 1.29 is 45.8 Å². The van der Waals surface area contributed by atoms with Gasteiger partial charge in [-0.3, -0.25) is 9.59 Å². The molecule has 36 heavy (non-hydrogen) atoms. The van der Waals surface area contributed by atoms with Crippen LogP contribution in [-0.4, -0.2) is 71.2 Å². The molecule has 2 aromatic heterocycles. The lowest BCUT2D eigenvalue weighted by atomic mass is 10.1. The van der Waals surface area contributed by atoms with Crippen LogP contribution in [0.2, 0.25) is 0 Å². The van der Waals surface area contributed by atoms with Crippen molar-refractivity contribution in [1.82, 2.24) is 9.88 Å². The topological polar surface area (TPSA) is 90.8 Å². The monoisotopic (exact) mass is 533 g/mol. The Balaban J connectivity index is 0.000000454. The summed E-state index contributed by atoms with van der Waals surface area (Å²) in [5, 5.41) is 9.25. The number of Topliss-reactive ketones (excluding diaryl/α,β-unsaturated/α-hetero) is 1. The molecular weight excluding hydrogens is 516 g/mol. The highest BCUT2D eigenvalue weighted by atomic mass is 32.1. The van der Waals surface area contributed by atoms with Crippen molar-refractivity contribution in [1.29, 1.82) is 0 Å². The maximum atomic E-state index is 12.6. The smallest absolute Gasteiger partial charge is 0.475 e. The number of piperazine rings is 1. The zero-order valence-corrected chi connectivity index (χ0v) is 19.0. The lowest BCUT2D eigenvalue weighted by Crippen LogP contribution is -2.48. The lowest BCUT2D eigenvalue weighted by Gasteiger charge is -2.35. The molecule has 7 nitrogen and oxygen atoms in total. The highest BCUT2D eigenvalue weighted by Gasteiger charge is 2.40. The highest BCUT2D eigenvalue weighted by molar-refractivity contribution is 7.16. The van der Waals surface area contributed by atoms with Crippen molar-refractivity contribution in [3.8, 4) is 0 Å². The number of anilines is 1. The summed E-state index contributed by atoms with van der Waals surface area (Å²) in [6, 6.07) is 12.2. The molecule has 4 rings (SSSR count). The van der Waals surface area contributed by atoms with Crippen LogP contribution in [0.5, 0.6) is 0 Å². The average molecular weight is 533 g/mol. The second-order valence-corrected chi connectivity index (χ2v) is 8.55. The zero-order valence-electron chi connectivity index (χ0n) is 18.1. The van der Waals surface area contributed by atoms with Gasteiger partial charge in [0, 0.05) is 37.8 Å². The van der Waals surface area contributed by atoms with E-state index in [0.29, 0.717) is 37.5 Å². The Kier molecular flexibility index (Phi) is 7.86. The Morgan fingerprint density at radius 1 is 0.833 bits per heavy atom. The summed E-state index contributed by atoms with van der Waals surface area (Å²) in [6.07, 6.45) is -8.21. The van der Waals surface area contributed by atoms with Crippen molar-refractivity contribution in [2.45, 2.75) is 12.4 Å².